The van der Waals surface area contributed by atoms with Crippen molar-refractivity contribution in [3.05, 3.63) is 94.7 Å². The van der Waals surface area contributed by atoms with Crippen LogP contribution in [0.2, 0.25) is 5.02 Å². The Morgan fingerprint density at radius 3 is 2.32 bits per heavy atom. The van der Waals surface area contributed by atoms with E-state index in [-0.39, 0.29) is 50.1 Å². The minimum Gasteiger partial charge on any atom is -0.494 e. The van der Waals surface area contributed by atoms with E-state index < -0.39 is 36.7 Å². The molecular weight excluding hydrogens is 1030 g/mol. The number of aliphatic hydroxyl groups is 1. The van der Waals surface area contributed by atoms with Gasteiger partial charge in [0.25, 0.3) is 0 Å². The molecule has 4 amide bonds. The highest BCUT2D eigenvalue weighted by atomic mass is 35.5. The van der Waals surface area contributed by atoms with Crippen LogP contribution >= 0.6 is 30.1 Å². The molecule has 3 saturated heterocycles. The lowest BCUT2D eigenvalue weighted by molar-refractivity contribution is -0.144. The second kappa shape index (κ2) is 24.5. The molecule has 0 unspecified atom stereocenters. The van der Waals surface area contributed by atoms with E-state index in [4.69, 9.17) is 16.3 Å². The van der Waals surface area contributed by atoms with E-state index in [9.17, 15) is 28.8 Å². The summed E-state index contributed by atoms with van der Waals surface area (Å²) in [5.74, 6) is 0.198. The number of ether oxygens (including phenoxy) is 1. The van der Waals surface area contributed by atoms with Crippen molar-refractivity contribution in [3.8, 4) is 16.2 Å². The van der Waals surface area contributed by atoms with Crippen molar-refractivity contribution in [2.75, 3.05) is 81.8 Å². The van der Waals surface area contributed by atoms with Crippen LogP contribution in [0.1, 0.15) is 70.6 Å². The maximum atomic E-state index is 14.1. The molecule has 76 heavy (non-hydrogen) atoms. The number of anilines is 5. The number of carbonyl (C=O) groups excluding carboxylic acids is 4. The third-order valence-corrected chi connectivity index (χ3v) is 17.2. The Morgan fingerprint density at radius 1 is 0.921 bits per heavy atom. The van der Waals surface area contributed by atoms with E-state index in [1.165, 1.54) is 11.1 Å². The van der Waals surface area contributed by atoms with Crippen LogP contribution in [0.4, 0.5) is 28.8 Å². The highest BCUT2D eigenvalue weighted by Crippen LogP contribution is 2.39. The number of thiazole rings is 1. The number of piperazine rings is 1. The number of hydrogen-bond donors (Lipinski definition) is 5. The SMILES string of the molecule is COc1cc(N2CCC(N3CCN(C(=O)CCCC(=O)N[C@H](C(=O)N4C[C@H](O)C[C@H]4C(=O)NCc4ccc(-c5scnc5C)cc4)C(C)(C)C)CC3)CC2)ccc1Nc1ncc(Cl)c(Nc2ccccc2P(C)(C)=O)n1. The van der Waals surface area contributed by atoms with Gasteiger partial charge in [-0.25, -0.2) is 9.97 Å². The van der Waals surface area contributed by atoms with Crippen LogP contribution in [0.15, 0.2) is 78.4 Å². The summed E-state index contributed by atoms with van der Waals surface area (Å²) < 4.78 is 18.8. The fourth-order valence-corrected chi connectivity index (χ4v) is 12.3. The number of β-amino-alcohol motifs (C(OH)–C–C–N with tert-alkyl or cyclic N) is 1. The number of likely N-dealkylation sites (tertiary alicyclic amines) is 1. The summed E-state index contributed by atoms with van der Waals surface area (Å²) in [6.07, 6.45) is 3.30. The number of aliphatic hydroxyl groups excluding tert-OH is 1. The van der Waals surface area contributed by atoms with Crippen LogP contribution in [-0.4, -0.2) is 149 Å². The molecule has 3 aliphatic heterocycles. The number of benzene rings is 3. The molecule has 5 heterocycles. The Hall–Kier alpha value is -6.11. The van der Waals surface area contributed by atoms with E-state index in [2.05, 4.69) is 52.1 Å². The molecule has 3 fully saturated rings. The fraction of sp³-hybridized carbons (Fsp3) is 0.473. The maximum Gasteiger partial charge on any atom is 0.246 e. The van der Waals surface area contributed by atoms with Gasteiger partial charge in [0, 0.05) is 94.7 Å². The lowest BCUT2D eigenvalue weighted by Crippen LogP contribution is -2.57. The molecule has 0 radical (unpaired) electrons. The first kappa shape index (κ1) is 56.1. The second-order valence-corrected chi connectivity index (χ2v) is 25.8. The Balaban J connectivity index is 0.760. The third-order valence-electron chi connectivity index (χ3n) is 14.4. The van der Waals surface area contributed by atoms with Crippen LogP contribution in [0, 0.1) is 12.3 Å². The van der Waals surface area contributed by atoms with Gasteiger partial charge in [-0.2, -0.15) is 4.98 Å². The van der Waals surface area contributed by atoms with Crippen LogP contribution in [0.25, 0.3) is 10.4 Å². The zero-order valence-electron chi connectivity index (χ0n) is 44.5. The molecule has 8 rings (SSSR count). The highest BCUT2D eigenvalue weighted by molar-refractivity contribution is 7.70. The van der Waals surface area contributed by atoms with Crippen molar-refractivity contribution in [2.45, 2.75) is 97.0 Å². The van der Waals surface area contributed by atoms with Gasteiger partial charge in [-0.15, -0.1) is 11.3 Å². The number of aryl methyl sites for hydroxylation is 1. The van der Waals surface area contributed by atoms with Gasteiger partial charge in [0.05, 0.1) is 46.9 Å². The number of aromatic nitrogens is 3. The van der Waals surface area contributed by atoms with Crippen molar-refractivity contribution in [1.82, 2.24) is 40.3 Å². The van der Waals surface area contributed by atoms with Crippen LogP contribution in [-0.2, 0) is 30.3 Å². The first-order valence-electron chi connectivity index (χ1n) is 26.0. The minimum absolute atomic E-state index is 0.00916. The number of rotatable bonds is 18. The zero-order chi connectivity index (χ0) is 54.3. The van der Waals surface area contributed by atoms with E-state index in [1.807, 2.05) is 98.8 Å². The molecule has 21 heteroatoms. The molecule has 3 atom stereocenters. The van der Waals surface area contributed by atoms with Gasteiger partial charge in [0.2, 0.25) is 29.6 Å². The van der Waals surface area contributed by atoms with Crippen LogP contribution in [0.3, 0.4) is 0 Å². The predicted molar refractivity (Wildman–Crippen MR) is 301 cm³/mol. The zero-order valence-corrected chi connectivity index (χ0v) is 46.9. The summed E-state index contributed by atoms with van der Waals surface area (Å²) >= 11 is 8.07. The molecule has 18 nitrogen and oxygen atoms in total. The van der Waals surface area contributed by atoms with Crippen molar-refractivity contribution >= 4 is 87.8 Å². The Labute approximate surface area is 454 Å². The third kappa shape index (κ3) is 13.9. The first-order chi connectivity index (χ1) is 36.2. The maximum absolute atomic E-state index is 14.1. The number of hydrogen-bond acceptors (Lipinski definition) is 15. The molecule has 5 aromatic rings. The van der Waals surface area contributed by atoms with Gasteiger partial charge in [-0.3, -0.25) is 24.1 Å². The van der Waals surface area contributed by atoms with Crippen LogP contribution < -0.4 is 36.2 Å². The average molecular weight is 1100 g/mol. The van der Waals surface area contributed by atoms with Gasteiger partial charge in [0.1, 0.15) is 30.0 Å². The number of para-hydroxylation sites is 1. The summed E-state index contributed by atoms with van der Waals surface area (Å²) in [4.78, 5) is 77.0. The molecule has 0 saturated carbocycles. The summed E-state index contributed by atoms with van der Waals surface area (Å²) in [7, 11) is -0.949. The predicted octanol–water partition coefficient (Wildman–Crippen LogP) is 7.40. The lowest BCUT2D eigenvalue weighted by atomic mass is 9.85. The highest BCUT2D eigenvalue weighted by Gasteiger charge is 2.44. The number of nitrogens with one attached hydrogen (secondary N) is 4. The Morgan fingerprint density at radius 2 is 1.64 bits per heavy atom. The number of methoxy groups -OCH3 is 1. The summed E-state index contributed by atoms with van der Waals surface area (Å²) in [5, 5.41) is 24.0. The monoisotopic (exact) mass is 1100 g/mol. The van der Waals surface area contributed by atoms with Gasteiger partial charge >= 0.3 is 0 Å². The molecular formula is C55H71ClN11O7PS. The second-order valence-electron chi connectivity index (χ2n) is 21.3. The van der Waals surface area contributed by atoms with E-state index >= 15 is 0 Å². The number of nitrogens with zero attached hydrogens (tertiary/aromatic N) is 7. The fourth-order valence-electron chi connectivity index (χ4n) is 10.2. The number of amides is 4. The first-order valence-corrected chi connectivity index (χ1v) is 29.8. The largest absolute Gasteiger partial charge is 0.494 e. The van der Waals surface area contributed by atoms with Crippen molar-refractivity contribution in [1.29, 1.82) is 0 Å². The standard InChI is InChI=1S/C55H71ClN11O7PS/c1-35-49(76-34-59-35)37-17-15-36(16-18-37)31-57-52(71)44-30-40(68)33-67(44)53(72)50(55(2,3)4)62-47(69)13-10-14-48(70)66-27-25-65(26-28-66)38-21-23-64(24-22-38)39-19-20-42(45(29-39)74-5)61-54-58-32-41(56)51(63-54)60-43-11-8-9-12-46(43)75(6,7)73/h8-9,11-12,15-20,29,32,34,38,40,44,50,68H,10,13-14,21-28,30-31,33H2,1-7H3,(H,57,71)(H,62,69)(H2,58,60,61,63)/t40-,44+,50-/m1/s1. The van der Waals surface area contributed by atoms with E-state index in [1.54, 1.807) is 31.8 Å². The quantitative estimate of drug-likeness (QED) is 0.0541. The molecule has 5 N–H and O–H groups in total. The van der Waals surface area contributed by atoms with Gasteiger partial charge in [-0.1, -0.05) is 68.8 Å². The molecule has 0 aliphatic carbocycles. The molecule has 3 aliphatic rings. The topological polar surface area (TPSA) is 215 Å². The summed E-state index contributed by atoms with van der Waals surface area (Å²) in [6.45, 7) is 15.7. The number of halogens is 1. The minimum atomic E-state index is -2.58. The summed E-state index contributed by atoms with van der Waals surface area (Å²) in [5.41, 5.74) is 6.42. The molecule has 3 aromatic carbocycles. The number of carbonyl (C=O) groups is 4. The van der Waals surface area contributed by atoms with E-state index in [0.717, 1.165) is 66.4 Å². The Kier molecular flexibility index (Phi) is 18.1. The smallest absolute Gasteiger partial charge is 0.246 e. The van der Waals surface area contributed by atoms with Gasteiger partial charge in [-0.05, 0) is 80.3 Å². The van der Waals surface area contributed by atoms with Crippen LogP contribution in [0.5, 0.6) is 5.75 Å². The van der Waals surface area contributed by atoms with Gasteiger partial charge < -0.3 is 50.4 Å². The normalized spacial score (nSPS) is 18.0. The average Bonchev–Trinajstić information content (AvgIpc) is 4.03. The van der Waals surface area contributed by atoms with E-state index in [0.29, 0.717) is 64.8 Å². The van der Waals surface area contributed by atoms with Crippen molar-refractivity contribution in [2.24, 2.45) is 5.41 Å². The van der Waals surface area contributed by atoms with Crippen molar-refractivity contribution in [3.63, 3.8) is 0 Å². The van der Waals surface area contributed by atoms with Crippen molar-refractivity contribution < 1.29 is 33.6 Å². The molecule has 406 valence electrons. The Bertz CT molecular complexity index is 2920. The van der Waals surface area contributed by atoms with Gasteiger partial charge in [0.15, 0.2) is 5.82 Å². The lowest BCUT2D eigenvalue weighted by Gasteiger charge is -2.43. The molecule has 2 aromatic heterocycles. The summed E-state index contributed by atoms with van der Waals surface area (Å²) in [6, 6.07) is 19.9. The molecule has 0 bridgehead atoms. The molecule has 0 spiro atoms. The number of piperidine rings is 1.